The third-order valence-electron chi connectivity index (χ3n) is 5.00. The molecule has 7 nitrogen and oxygen atoms in total. The van der Waals surface area contributed by atoms with Gasteiger partial charge in [0, 0.05) is 33.0 Å². The quantitative estimate of drug-likeness (QED) is 0.813. The highest BCUT2D eigenvalue weighted by Gasteiger charge is 2.46. The Kier molecular flexibility index (Phi) is 3.79. The van der Waals surface area contributed by atoms with Gasteiger partial charge in [-0.25, -0.2) is 4.79 Å². The highest BCUT2D eigenvalue weighted by atomic mass is 32.1. The average Bonchev–Trinajstić information content (AvgIpc) is 3.05. The van der Waals surface area contributed by atoms with Crippen molar-refractivity contribution in [1.29, 1.82) is 0 Å². The molecule has 0 radical (unpaired) electrons. The largest absolute Gasteiger partial charge is 0.441 e. The zero-order valence-corrected chi connectivity index (χ0v) is 14.8. The Morgan fingerprint density at radius 1 is 1.24 bits per heavy atom. The number of likely N-dealkylation sites (tertiary alicyclic amines) is 1. The molecule has 3 heterocycles. The molecule has 0 aliphatic carbocycles. The monoisotopic (exact) mass is 361 g/mol. The molecule has 1 aromatic carbocycles. The van der Waals surface area contributed by atoms with Gasteiger partial charge in [-0.2, -0.15) is 0 Å². The maximum Gasteiger partial charge on any atom is 0.410 e. The summed E-state index contributed by atoms with van der Waals surface area (Å²) in [7, 11) is 1.72. The van der Waals surface area contributed by atoms with E-state index < -0.39 is 5.60 Å². The van der Waals surface area contributed by atoms with Crippen molar-refractivity contribution in [2.45, 2.75) is 25.0 Å². The summed E-state index contributed by atoms with van der Waals surface area (Å²) in [5.41, 5.74) is -0.578. The van der Waals surface area contributed by atoms with E-state index in [4.69, 9.17) is 4.74 Å². The van der Waals surface area contributed by atoms with Crippen LogP contribution >= 0.6 is 11.5 Å². The summed E-state index contributed by atoms with van der Waals surface area (Å²) in [4.78, 5) is 39.9. The second-order valence-electron chi connectivity index (χ2n) is 6.72. The van der Waals surface area contributed by atoms with E-state index in [1.54, 1.807) is 22.9 Å². The lowest BCUT2D eigenvalue weighted by Crippen LogP contribution is -2.49. The second kappa shape index (κ2) is 5.87. The van der Waals surface area contributed by atoms with Gasteiger partial charge >= 0.3 is 6.09 Å². The number of carbonyl (C=O) groups is 2. The number of rotatable bonds is 2. The van der Waals surface area contributed by atoms with Crippen LogP contribution in [0.1, 0.15) is 12.8 Å². The third-order valence-corrected chi connectivity index (χ3v) is 6.07. The molecule has 2 aromatic rings. The number of amides is 2. The first-order valence-corrected chi connectivity index (χ1v) is 9.06. The number of aromatic nitrogens is 1. The Labute approximate surface area is 148 Å². The van der Waals surface area contributed by atoms with Gasteiger partial charge in [0.25, 0.3) is 5.56 Å². The van der Waals surface area contributed by atoms with Crippen molar-refractivity contribution in [2.75, 3.05) is 26.7 Å². The molecule has 1 aromatic heterocycles. The van der Waals surface area contributed by atoms with Crippen molar-refractivity contribution in [3.63, 3.8) is 0 Å². The van der Waals surface area contributed by atoms with Crippen LogP contribution in [0.25, 0.3) is 10.1 Å². The fraction of sp³-hybridized carbons (Fsp3) is 0.471. The predicted octanol–water partition coefficient (Wildman–Crippen LogP) is 1.51. The summed E-state index contributed by atoms with van der Waals surface area (Å²) in [6, 6.07) is 7.38. The van der Waals surface area contributed by atoms with E-state index >= 15 is 0 Å². The number of piperidine rings is 1. The molecule has 2 amide bonds. The van der Waals surface area contributed by atoms with E-state index in [0.717, 1.165) is 4.70 Å². The van der Waals surface area contributed by atoms with Gasteiger partial charge < -0.3 is 14.5 Å². The smallest absolute Gasteiger partial charge is 0.410 e. The summed E-state index contributed by atoms with van der Waals surface area (Å²) >= 11 is 1.32. The summed E-state index contributed by atoms with van der Waals surface area (Å²) in [6.45, 7) is 1.72. The zero-order valence-electron chi connectivity index (χ0n) is 13.9. The Hall–Kier alpha value is -2.35. The topological polar surface area (TPSA) is 71.8 Å². The first-order valence-electron chi connectivity index (χ1n) is 8.28. The van der Waals surface area contributed by atoms with Gasteiger partial charge in [0.05, 0.1) is 16.6 Å². The summed E-state index contributed by atoms with van der Waals surface area (Å²) < 4.78 is 7.91. The van der Waals surface area contributed by atoms with Crippen molar-refractivity contribution in [3.05, 3.63) is 34.6 Å². The molecule has 2 fully saturated rings. The Bertz CT molecular complexity index is 895. The van der Waals surface area contributed by atoms with Crippen molar-refractivity contribution in [1.82, 2.24) is 13.8 Å². The Morgan fingerprint density at radius 2 is 1.96 bits per heavy atom. The number of carbonyl (C=O) groups excluding carboxylic acids is 2. The number of ether oxygens (including phenoxy) is 1. The van der Waals surface area contributed by atoms with Crippen LogP contribution in [0.5, 0.6) is 0 Å². The molecule has 2 saturated heterocycles. The highest BCUT2D eigenvalue weighted by Crippen LogP contribution is 2.32. The van der Waals surface area contributed by atoms with Gasteiger partial charge in [-0.3, -0.25) is 13.5 Å². The molecule has 132 valence electrons. The minimum Gasteiger partial charge on any atom is -0.441 e. The number of likely N-dealkylation sites (N-methyl/N-ethyl adjacent to an activating group) is 1. The molecular formula is C17H19N3O4S. The lowest BCUT2D eigenvalue weighted by Gasteiger charge is -2.37. The summed E-state index contributed by atoms with van der Waals surface area (Å²) in [6.07, 6.45) is 0.975. The molecule has 2 aliphatic rings. The van der Waals surface area contributed by atoms with E-state index in [9.17, 15) is 14.4 Å². The third kappa shape index (κ3) is 2.80. The SMILES string of the molecule is CN1CC2(CCN(C(=O)Cn3sc4ccccc4c3=O)CC2)OC1=O. The first-order chi connectivity index (χ1) is 12.0. The van der Waals surface area contributed by atoms with Crippen LogP contribution in [0, 0.1) is 0 Å². The molecule has 4 rings (SSSR count). The fourth-order valence-electron chi connectivity index (χ4n) is 3.56. The maximum absolute atomic E-state index is 12.6. The minimum absolute atomic E-state index is 0.0604. The van der Waals surface area contributed by atoms with Crippen LogP contribution in [0.15, 0.2) is 29.1 Å². The number of hydrogen-bond acceptors (Lipinski definition) is 5. The molecular weight excluding hydrogens is 342 g/mol. The summed E-state index contributed by atoms with van der Waals surface area (Å²) in [5.74, 6) is -0.0683. The number of nitrogens with zero attached hydrogens (tertiary/aromatic N) is 3. The molecule has 8 heteroatoms. The zero-order chi connectivity index (χ0) is 17.6. The number of fused-ring (bicyclic) bond motifs is 1. The van der Waals surface area contributed by atoms with Gasteiger partial charge in [-0.1, -0.05) is 23.7 Å². The lowest BCUT2D eigenvalue weighted by atomic mass is 9.91. The molecule has 0 saturated carbocycles. The van der Waals surface area contributed by atoms with E-state index in [1.165, 1.54) is 15.5 Å². The van der Waals surface area contributed by atoms with Crippen LogP contribution in [0.3, 0.4) is 0 Å². The number of hydrogen-bond donors (Lipinski definition) is 0. The minimum atomic E-state index is -0.461. The van der Waals surface area contributed by atoms with Crippen molar-refractivity contribution < 1.29 is 14.3 Å². The van der Waals surface area contributed by atoms with Crippen LogP contribution in [0.4, 0.5) is 4.79 Å². The fourth-order valence-corrected chi connectivity index (χ4v) is 4.55. The summed E-state index contributed by atoms with van der Waals surface area (Å²) in [5, 5.41) is 0.652. The normalized spacial score (nSPS) is 19.6. The van der Waals surface area contributed by atoms with E-state index in [-0.39, 0.29) is 24.1 Å². The van der Waals surface area contributed by atoms with Gasteiger partial charge in [-0.15, -0.1) is 0 Å². The van der Waals surface area contributed by atoms with Crippen molar-refractivity contribution in [3.8, 4) is 0 Å². The Balaban J connectivity index is 1.43. The molecule has 0 unspecified atom stereocenters. The maximum atomic E-state index is 12.6. The van der Waals surface area contributed by atoms with Crippen molar-refractivity contribution >= 4 is 33.6 Å². The second-order valence-corrected chi connectivity index (χ2v) is 7.78. The van der Waals surface area contributed by atoms with Crippen LogP contribution in [-0.4, -0.2) is 58.0 Å². The number of benzene rings is 1. The van der Waals surface area contributed by atoms with Gasteiger partial charge in [-0.05, 0) is 12.1 Å². The van der Waals surface area contributed by atoms with E-state index in [1.807, 2.05) is 18.2 Å². The Morgan fingerprint density at radius 3 is 2.60 bits per heavy atom. The van der Waals surface area contributed by atoms with E-state index in [0.29, 0.717) is 37.9 Å². The predicted molar refractivity (Wildman–Crippen MR) is 93.7 cm³/mol. The van der Waals surface area contributed by atoms with Gasteiger partial charge in [0.15, 0.2) is 0 Å². The molecule has 2 aliphatic heterocycles. The molecule has 0 N–H and O–H groups in total. The van der Waals surface area contributed by atoms with Crippen molar-refractivity contribution in [2.24, 2.45) is 0 Å². The van der Waals surface area contributed by atoms with Crippen LogP contribution in [0.2, 0.25) is 0 Å². The first kappa shape index (κ1) is 16.1. The standard InChI is InChI=1S/C17H19N3O4S/c1-18-11-17(24-16(18)23)6-8-19(9-7-17)14(21)10-20-15(22)12-4-2-3-5-13(12)25-20/h2-5H,6-11H2,1H3. The highest BCUT2D eigenvalue weighted by molar-refractivity contribution is 7.13. The van der Waals surface area contributed by atoms with Gasteiger partial charge in [0.2, 0.25) is 5.91 Å². The van der Waals surface area contributed by atoms with Gasteiger partial charge in [0.1, 0.15) is 12.1 Å². The van der Waals surface area contributed by atoms with Crippen LogP contribution in [-0.2, 0) is 16.1 Å². The molecule has 0 bridgehead atoms. The average molecular weight is 361 g/mol. The molecule has 25 heavy (non-hydrogen) atoms. The molecule has 0 atom stereocenters. The van der Waals surface area contributed by atoms with E-state index in [2.05, 4.69) is 0 Å². The lowest BCUT2D eigenvalue weighted by molar-refractivity contribution is -0.135. The molecule has 1 spiro atoms. The van der Waals surface area contributed by atoms with Crippen LogP contribution < -0.4 is 5.56 Å².